The van der Waals surface area contributed by atoms with E-state index < -0.39 is 0 Å². The Bertz CT molecular complexity index is 892. The molecule has 0 bridgehead atoms. The van der Waals surface area contributed by atoms with Gasteiger partial charge in [0.25, 0.3) is 0 Å². The number of nitrogens with two attached hydrogens (primary N) is 1. The highest BCUT2D eigenvalue weighted by atomic mass is 19.1. The minimum absolute atomic E-state index is 0.182. The van der Waals surface area contributed by atoms with Gasteiger partial charge in [-0.25, -0.2) is 9.07 Å². The van der Waals surface area contributed by atoms with Crippen LogP contribution in [0.3, 0.4) is 0 Å². The molecule has 5 heteroatoms. The second-order valence-corrected chi connectivity index (χ2v) is 7.17. The van der Waals surface area contributed by atoms with Crippen molar-refractivity contribution in [1.29, 1.82) is 0 Å². The molecule has 0 saturated carbocycles. The minimum atomic E-state index is -0.277. The first kappa shape index (κ1) is 16.2. The lowest BCUT2D eigenvalue weighted by molar-refractivity contribution is 0.339. The fourth-order valence-corrected chi connectivity index (χ4v) is 3.77. The topological polar surface area (TPSA) is 55.9 Å². The van der Waals surface area contributed by atoms with Crippen molar-refractivity contribution in [3.63, 3.8) is 0 Å². The molecule has 4 rings (SSSR count). The summed E-state index contributed by atoms with van der Waals surface area (Å²) in [6.07, 6.45) is 4.26. The van der Waals surface area contributed by atoms with E-state index in [0.717, 1.165) is 35.2 Å². The fraction of sp³-hybridized carbons (Fsp3) is 0.350. The molecule has 1 aliphatic heterocycles. The van der Waals surface area contributed by atoms with Crippen molar-refractivity contribution < 1.29 is 4.39 Å². The first-order valence-electron chi connectivity index (χ1n) is 8.79. The molecule has 2 aromatic carbocycles. The first-order chi connectivity index (χ1) is 12.1. The molecule has 3 aromatic rings. The smallest absolute Gasteiger partial charge is 0.124 e. The second kappa shape index (κ2) is 6.24. The Labute approximate surface area is 146 Å². The number of nitrogens with one attached hydrogen (secondary N) is 1. The molecule has 0 radical (unpaired) electrons. The van der Waals surface area contributed by atoms with E-state index in [2.05, 4.69) is 41.6 Å². The number of hydrogen-bond acceptors (Lipinski definition) is 3. The van der Waals surface area contributed by atoms with Crippen LogP contribution in [-0.2, 0) is 12.0 Å². The van der Waals surface area contributed by atoms with Gasteiger partial charge in [-0.1, -0.05) is 19.1 Å². The first-order valence-corrected chi connectivity index (χ1v) is 8.79. The lowest BCUT2D eigenvalue weighted by Crippen LogP contribution is -2.41. The predicted octanol–water partition coefficient (Wildman–Crippen LogP) is 3.26. The van der Waals surface area contributed by atoms with Crippen molar-refractivity contribution in [2.24, 2.45) is 5.73 Å². The van der Waals surface area contributed by atoms with Gasteiger partial charge in [0.05, 0.1) is 11.2 Å². The molecule has 1 atom stereocenters. The van der Waals surface area contributed by atoms with Gasteiger partial charge in [0.1, 0.15) is 5.82 Å². The highest BCUT2D eigenvalue weighted by molar-refractivity contribution is 5.82. The zero-order valence-electron chi connectivity index (χ0n) is 14.4. The van der Waals surface area contributed by atoms with Crippen LogP contribution in [0.25, 0.3) is 16.6 Å². The molecule has 3 N–H and O–H groups in total. The van der Waals surface area contributed by atoms with Gasteiger partial charge in [0.15, 0.2) is 0 Å². The molecule has 130 valence electrons. The standard InChI is InChI=1S/C20H23FN4/c1-20(7-2-8-23-13-20)16-3-5-18(6-4-16)25-12-15-10-17(21)9-14(11-22)19(15)24-25/h3-6,9-10,12,23H,2,7-8,11,13,22H2,1H3. The maximum absolute atomic E-state index is 13.7. The predicted molar refractivity (Wildman–Crippen MR) is 98.4 cm³/mol. The average molecular weight is 338 g/mol. The number of aromatic nitrogens is 2. The van der Waals surface area contributed by atoms with Crippen LogP contribution >= 0.6 is 0 Å². The highest BCUT2D eigenvalue weighted by Crippen LogP contribution is 2.31. The quantitative estimate of drug-likeness (QED) is 0.771. The zero-order chi connectivity index (χ0) is 17.4. The average Bonchev–Trinajstić information content (AvgIpc) is 3.05. The molecule has 1 aromatic heterocycles. The van der Waals surface area contributed by atoms with E-state index in [1.807, 2.05) is 6.20 Å². The van der Waals surface area contributed by atoms with Crippen LogP contribution in [0, 0.1) is 5.82 Å². The van der Waals surface area contributed by atoms with Crippen LogP contribution in [0.1, 0.15) is 30.9 Å². The molecule has 4 nitrogen and oxygen atoms in total. The van der Waals surface area contributed by atoms with Gasteiger partial charge in [-0.3, -0.25) is 0 Å². The Morgan fingerprint density at radius 1 is 1.28 bits per heavy atom. The summed E-state index contributed by atoms with van der Waals surface area (Å²) in [7, 11) is 0. The maximum atomic E-state index is 13.7. The summed E-state index contributed by atoms with van der Waals surface area (Å²) in [5.41, 5.74) is 9.71. The van der Waals surface area contributed by atoms with Gasteiger partial charge in [-0.15, -0.1) is 0 Å². The zero-order valence-corrected chi connectivity index (χ0v) is 14.4. The summed E-state index contributed by atoms with van der Waals surface area (Å²) in [5.74, 6) is -0.277. The van der Waals surface area contributed by atoms with Crippen LogP contribution in [-0.4, -0.2) is 22.9 Å². The molecule has 1 aliphatic rings. The van der Waals surface area contributed by atoms with Crippen LogP contribution < -0.4 is 11.1 Å². The molecule has 0 spiro atoms. The lowest BCUT2D eigenvalue weighted by Gasteiger charge is -2.34. The van der Waals surface area contributed by atoms with Crippen molar-refractivity contribution in [3.05, 3.63) is 59.5 Å². The van der Waals surface area contributed by atoms with Crippen LogP contribution in [0.2, 0.25) is 0 Å². The summed E-state index contributed by atoms with van der Waals surface area (Å²) in [4.78, 5) is 0. The van der Waals surface area contributed by atoms with E-state index in [1.54, 1.807) is 4.68 Å². The molecule has 1 unspecified atom stereocenters. The number of benzene rings is 2. The van der Waals surface area contributed by atoms with Gasteiger partial charge in [-0.2, -0.15) is 5.10 Å². The van der Waals surface area contributed by atoms with Crippen molar-refractivity contribution in [1.82, 2.24) is 15.1 Å². The molecule has 2 heterocycles. The number of rotatable bonds is 3. The molecular formula is C20H23FN4. The normalized spacial score (nSPS) is 20.9. The Morgan fingerprint density at radius 2 is 2.08 bits per heavy atom. The largest absolute Gasteiger partial charge is 0.326 e. The van der Waals surface area contributed by atoms with Crippen molar-refractivity contribution >= 4 is 10.9 Å². The van der Waals surface area contributed by atoms with Gasteiger partial charge < -0.3 is 11.1 Å². The Balaban J connectivity index is 1.69. The fourth-order valence-electron chi connectivity index (χ4n) is 3.77. The number of halogens is 1. The molecule has 0 amide bonds. The van der Waals surface area contributed by atoms with E-state index in [9.17, 15) is 4.39 Å². The van der Waals surface area contributed by atoms with Crippen molar-refractivity contribution in [3.8, 4) is 5.69 Å². The summed E-state index contributed by atoms with van der Waals surface area (Å²) >= 11 is 0. The summed E-state index contributed by atoms with van der Waals surface area (Å²) in [6, 6.07) is 11.5. The van der Waals surface area contributed by atoms with E-state index in [0.29, 0.717) is 0 Å². The third kappa shape index (κ3) is 2.94. The number of nitrogens with zero attached hydrogens (tertiary/aromatic N) is 2. The third-order valence-electron chi connectivity index (χ3n) is 5.30. The van der Waals surface area contributed by atoms with Gasteiger partial charge in [0.2, 0.25) is 0 Å². The van der Waals surface area contributed by atoms with Gasteiger partial charge in [0, 0.05) is 30.1 Å². The van der Waals surface area contributed by atoms with Crippen molar-refractivity contribution in [2.45, 2.75) is 31.7 Å². The highest BCUT2D eigenvalue weighted by Gasteiger charge is 2.28. The van der Waals surface area contributed by atoms with Crippen LogP contribution in [0.5, 0.6) is 0 Å². The molecule has 25 heavy (non-hydrogen) atoms. The number of hydrogen-bond donors (Lipinski definition) is 2. The van der Waals surface area contributed by atoms with Crippen LogP contribution in [0.15, 0.2) is 42.6 Å². The molecule has 1 fully saturated rings. The summed E-state index contributed by atoms with van der Waals surface area (Å²) < 4.78 is 15.5. The monoisotopic (exact) mass is 338 g/mol. The number of piperidine rings is 1. The summed E-state index contributed by atoms with van der Waals surface area (Å²) in [6.45, 7) is 4.70. The maximum Gasteiger partial charge on any atom is 0.124 e. The molecule has 0 aliphatic carbocycles. The minimum Gasteiger partial charge on any atom is -0.326 e. The van der Waals surface area contributed by atoms with Crippen molar-refractivity contribution in [2.75, 3.05) is 13.1 Å². The summed E-state index contributed by atoms with van der Waals surface area (Å²) in [5, 5.41) is 8.87. The molecular weight excluding hydrogens is 315 g/mol. The third-order valence-corrected chi connectivity index (χ3v) is 5.30. The Hall–Kier alpha value is -2.24. The van der Waals surface area contributed by atoms with Gasteiger partial charge >= 0.3 is 0 Å². The van der Waals surface area contributed by atoms with Gasteiger partial charge in [-0.05, 0) is 54.8 Å². The van der Waals surface area contributed by atoms with E-state index >= 15 is 0 Å². The second-order valence-electron chi connectivity index (χ2n) is 7.17. The molecule has 1 saturated heterocycles. The van der Waals surface area contributed by atoms with E-state index in [-0.39, 0.29) is 17.8 Å². The van der Waals surface area contributed by atoms with E-state index in [4.69, 9.17) is 5.73 Å². The Kier molecular flexibility index (Phi) is 4.06. The Morgan fingerprint density at radius 3 is 2.76 bits per heavy atom. The number of fused-ring (bicyclic) bond motifs is 1. The van der Waals surface area contributed by atoms with E-state index in [1.165, 1.54) is 30.5 Å². The SMILES string of the molecule is CC1(c2ccc(-n3cc4cc(F)cc(CN)c4n3)cc2)CCCNC1. The van der Waals surface area contributed by atoms with Crippen LogP contribution in [0.4, 0.5) is 4.39 Å². The lowest BCUT2D eigenvalue weighted by atomic mass is 9.76.